The summed E-state index contributed by atoms with van der Waals surface area (Å²) in [4.78, 5) is 36.0. The van der Waals surface area contributed by atoms with Gasteiger partial charge in [-0.2, -0.15) is 5.26 Å². The summed E-state index contributed by atoms with van der Waals surface area (Å²) in [7, 11) is 0. The van der Waals surface area contributed by atoms with E-state index in [9.17, 15) is 19.6 Å². The summed E-state index contributed by atoms with van der Waals surface area (Å²) < 4.78 is 10.5. The van der Waals surface area contributed by atoms with Crippen LogP contribution in [0.4, 0.5) is 0 Å². The minimum atomic E-state index is -0.925. The summed E-state index contributed by atoms with van der Waals surface area (Å²) in [6.45, 7) is 3.99. The summed E-state index contributed by atoms with van der Waals surface area (Å²) in [6, 6.07) is 8.95. The topological polar surface area (TPSA) is 105 Å². The van der Waals surface area contributed by atoms with E-state index in [-0.39, 0.29) is 24.5 Å². The predicted octanol–water partition coefficient (Wildman–Crippen LogP) is 3.57. The molecule has 1 aliphatic carbocycles. The zero-order chi connectivity index (χ0) is 22.0. The highest BCUT2D eigenvalue weighted by atomic mass is 16.5. The second-order valence-corrected chi connectivity index (χ2v) is 7.80. The molecule has 7 nitrogen and oxygen atoms in total. The lowest BCUT2D eigenvalue weighted by atomic mass is 9.98. The molecule has 0 aliphatic heterocycles. The van der Waals surface area contributed by atoms with E-state index in [1.54, 1.807) is 31.2 Å². The number of nitriles is 1. The molecule has 0 heterocycles. The van der Waals surface area contributed by atoms with Gasteiger partial charge in [0.05, 0.1) is 19.1 Å². The average Bonchev–Trinajstić information content (AvgIpc) is 3.60. The van der Waals surface area contributed by atoms with E-state index in [0.29, 0.717) is 17.9 Å². The molecule has 7 heteroatoms. The molecule has 1 aliphatic rings. The Morgan fingerprint density at radius 1 is 1.17 bits per heavy atom. The number of benzene rings is 1. The molecule has 0 saturated heterocycles. The largest absolute Gasteiger partial charge is 0.494 e. The van der Waals surface area contributed by atoms with Gasteiger partial charge in [-0.25, -0.2) is 0 Å². The highest BCUT2D eigenvalue weighted by Crippen LogP contribution is 2.39. The number of carbonyl (C=O) groups excluding carboxylic acids is 3. The molecular formula is C23H30N2O5. The number of Topliss-reactive ketones (excluding diaryl/α,β-unsaturated/α-hetero) is 1. The number of nitrogens with one attached hydrogen (secondary N) is 1. The first-order valence-corrected chi connectivity index (χ1v) is 10.5. The van der Waals surface area contributed by atoms with Crippen LogP contribution in [0, 0.1) is 17.2 Å². The third-order valence-electron chi connectivity index (χ3n) is 5.14. The summed E-state index contributed by atoms with van der Waals surface area (Å²) in [5.41, 5.74) is -0.429. The maximum Gasteiger partial charge on any atom is 0.306 e. The molecular weight excluding hydrogens is 384 g/mol. The van der Waals surface area contributed by atoms with Crippen LogP contribution < -0.4 is 10.1 Å². The number of ether oxygens (including phenoxy) is 2. The standard InChI is InChI=1S/C23H30N2O5/c1-3-4-5-14-29-19-10-6-17(7-11-19)20(26)12-13-22(28)30-15-21(27)25-23(2,16-24)18-8-9-18/h6-7,10-11,18H,3-5,8-9,12-15H2,1-2H3,(H,25,27). The number of rotatable bonds is 13. The van der Waals surface area contributed by atoms with Crippen molar-refractivity contribution < 1.29 is 23.9 Å². The normalized spacial score (nSPS) is 14.8. The number of hydrogen-bond acceptors (Lipinski definition) is 6. The fourth-order valence-corrected chi connectivity index (χ4v) is 3.06. The first-order chi connectivity index (χ1) is 14.4. The number of ketones is 1. The molecule has 0 aromatic heterocycles. The van der Waals surface area contributed by atoms with Crippen LogP contribution >= 0.6 is 0 Å². The number of esters is 1. The highest BCUT2D eigenvalue weighted by Gasteiger charge is 2.43. The van der Waals surface area contributed by atoms with Crippen molar-refractivity contribution >= 4 is 17.7 Å². The zero-order valence-electron chi connectivity index (χ0n) is 17.7. The summed E-state index contributed by atoms with van der Waals surface area (Å²) in [6.07, 6.45) is 4.93. The van der Waals surface area contributed by atoms with Gasteiger partial charge in [0.1, 0.15) is 11.3 Å². The molecule has 0 radical (unpaired) electrons. The smallest absolute Gasteiger partial charge is 0.306 e. The zero-order valence-corrected chi connectivity index (χ0v) is 17.7. The van der Waals surface area contributed by atoms with Gasteiger partial charge >= 0.3 is 5.97 Å². The van der Waals surface area contributed by atoms with E-state index in [2.05, 4.69) is 18.3 Å². The Hall–Kier alpha value is -2.88. The lowest BCUT2D eigenvalue weighted by Gasteiger charge is -2.22. The molecule has 1 N–H and O–H groups in total. The Morgan fingerprint density at radius 3 is 2.47 bits per heavy atom. The van der Waals surface area contributed by atoms with Crippen LogP contribution in [0.1, 0.15) is 69.2 Å². The van der Waals surface area contributed by atoms with Gasteiger partial charge in [0.15, 0.2) is 12.4 Å². The number of hydrogen-bond donors (Lipinski definition) is 1. The molecule has 1 amide bonds. The Bertz CT molecular complexity index is 780. The number of carbonyl (C=O) groups is 3. The molecule has 1 atom stereocenters. The van der Waals surface area contributed by atoms with Crippen LogP contribution in [0.25, 0.3) is 0 Å². The van der Waals surface area contributed by atoms with E-state index >= 15 is 0 Å². The van der Waals surface area contributed by atoms with Crippen LogP contribution in [-0.2, 0) is 14.3 Å². The van der Waals surface area contributed by atoms with Crippen molar-refractivity contribution in [3.63, 3.8) is 0 Å². The maximum absolute atomic E-state index is 12.2. The lowest BCUT2D eigenvalue weighted by molar-refractivity contribution is -0.148. The maximum atomic E-state index is 12.2. The first kappa shape index (κ1) is 23.4. The quantitative estimate of drug-likeness (QED) is 0.300. The second-order valence-electron chi connectivity index (χ2n) is 7.80. The minimum absolute atomic E-state index is 0.00482. The summed E-state index contributed by atoms with van der Waals surface area (Å²) >= 11 is 0. The number of nitrogens with zero attached hydrogens (tertiary/aromatic N) is 1. The molecule has 1 aromatic carbocycles. The molecule has 0 bridgehead atoms. The Morgan fingerprint density at radius 2 is 1.87 bits per heavy atom. The van der Waals surface area contributed by atoms with Gasteiger partial charge in [-0.1, -0.05) is 19.8 Å². The minimum Gasteiger partial charge on any atom is -0.494 e. The van der Waals surface area contributed by atoms with E-state index in [0.717, 1.165) is 32.1 Å². The summed E-state index contributed by atoms with van der Waals surface area (Å²) in [5, 5.41) is 11.9. The monoisotopic (exact) mass is 414 g/mol. The van der Waals surface area contributed by atoms with Gasteiger partial charge in [-0.15, -0.1) is 0 Å². The van der Waals surface area contributed by atoms with Crippen molar-refractivity contribution in [2.24, 2.45) is 5.92 Å². The van der Waals surface area contributed by atoms with Crippen molar-refractivity contribution in [3.8, 4) is 11.8 Å². The van der Waals surface area contributed by atoms with Crippen LogP contribution in [0.3, 0.4) is 0 Å². The van der Waals surface area contributed by atoms with Gasteiger partial charge in [-0.05, 0) is 56.4 Å². The molecule has 1 saturated carbocycles. The van der Waals surface area contributed by atoms with Crippen LogP contribution in [0.5, 0.6) is 5.75 Å². The molecule has 0 spiro atoms. The third kappa shape index (κ3) is 7.51. The van der Waals surface area contributed by atoms with E-state index in [4.69, 9.17) is 9.47 Å². The third-order valence-corrected chi connectivity index (χ3v) is 5.14. The molecule has 162 valence electrons. The van der Waals surface area contributed by atoms with Crippen molar-refractivity contribution in [3.05, 3.63) is 29.8 Å². The van der Waals surface area contributed by atoms with Crippen molar-refractivity contribution in [2.75, 3.05) is 13.2 Å². The number of amides is 1. The summed E-state index contributed by atoms with van der Waals surface area (Å²) in [5.74, 6) is -0.462. The fourth-order valence-electron chi connectivity index (χ4n) is 3.06. The van der Waals surface area contributed by atoms with Gasteiger partial charge in [0.2, 0.25) is 0 Å². The van der Waals surface area contributed by atoms with Gasteiger partial charge in [-0.3, -0.25) is 14.4 Å². The Kier molecular flexibility index (Phi) is 8.85. The molecule has 1 fully saturated rings. The molecule has 1 aromatic rings. The molecule has 1 unspecified atom stereocenters. The SMILES string of the molecule is CCCCCOc1ccc(C(=O)CCC(=O)OCC(=O)NC(C)(C#N)C2CC2)cc1. The van der Waals surface area contributed by atoms with E-state index < -0.39 is 24.0 Å². The van der Waals surface area contributed by atoms with Crippen molar-refractivity contribution in [1.82, 2.24) is 5.32 Å². The Balaban J connectivity index is 1.68. The van der Waals surface area contributed by atoms with Crippen LogP contribution in [0.15, 0.2) is 24.3 Å². The van der Waals surface area contributed by atoms with E-state index in [1.165, 1.54) is 0 Å². The van der Waals surface area contributed by atoms with Crippen molar-refractivity contribution in [1.29, 1.82) is 5.26 Å². The first-order valence-electron chi connectivity index (χ1n) is 10.5. The average molecular weight is 415 g/mol. The lowest BCUT2D eigenvalue weighted by Crippen LogP contribution is -2.48. The highest BCUT2D eigenvalue weighted by molar-refractivity contribution is 5.97. The van der Waals surface area contributed by atoms with Gasteiger partial charge < -0.3 is 14.8 Å². The second kappa shape index (κ2) is 11.3. The number of unbranched alkanes of at least 4 members (excludes halogenated alkanes) is 2. The van der Waals surface area contributed by atoms with Gasteiger partial charge in [0.25, 0.3) is 5.91 Å². The van der Waals surface area contributed by atoms with Gasteiger partial charge in [0, 0.05) is 12.0 Å². The fraction of sp³-hybridized carbons (Fsp3) is 0.565. The Labute approximate surface area is 177 Å². The molecule has 2 rings (SSSR count). The van der Waals surface area contributed by atoms with Crippen molar-refractivity contribution in [2.45, 2.75) is 64.3 Å². The molecule has 30 heavy (non-hydrogen) atoms. The van der Waals surface area contributed by atoms with Crippen LogP contribution in [0.2, 0.25) is 0 Å². The predicted molar refractivity (Wildman–Crippen MR) is 111 cm³/mol. The van der Waals surface area contributed by atoms with E-state index in [1.807, 2.05) is 0 Å². The van der Waals surface area contributed by atoms with Crippen LogP contribution in [-0.4, -0.2) is 36.4 Å².